The van der Waals surface area contributed by atoms with Gasteiger partial charge in [-0.25, -0.2) is 0 Å². The molecule has 29 heavy (non-hydrogen) atoms. The molecule has 7 nitrogen and oxygen atoms in total. The molecule has 1 aromatic heterocycles. The second-order valence-corrected chi connectivity index (χ2v) is 6.61. The van der Waals surface area contributed by atoms with E-state index in [-0.39, 0.29) is 18.4 Å². The maximum Gasteiger partial charge on any atom is 0.260 e. The van der Waals surface area contributed by atoms with Crippen molar-refractivity contribution in [3.8, 4) is 5.75 Å². The summed E-state index contributed by atoms with van der Waals surface area (Å²) in [6.45, 7) is 2.05. The molecule has 2 amide bonds. The van der Waals surface area contributed by atoms with Crippen LogP contribution in [0.3, 0.4) is 0 Å². The number of amides is 2. The zero-order chi connectivity index (χ0) is 20.1. The van der Waals surface area contributed by atoms with E-state index in [4.69, 9.17) is 9.47 Å². The predicted molar refractivity (Wildman–Crippen MR) is 109 cm³/mol. The first-order chi connectivity index (χ1) is 14.2. The third kappa shape index (κ3) is 4.35. The van der Waals surface area contributed by atoms with Gasteiger partial charge in [0, 0.05) is 24.7 Å². The van der Waals surface area contributed by atoms with Gasteiger partial charge in [-0.1, -0.05) is 30.3 Å². The molecule has 0 aliphatic carbocycles. The fraction of sp³-hybridized carbons (Fsp3) is 0.227. The normalized spacial score (nSPS) is 13.9. The monoisotopic (exact) mass is 391 g/mol. The number of para-hydroxylation sites is 2. The van der Waals surface area contributed by atoms with Crippen LogP contribution < -0.4 is 10.1 Å². The second kappa shape index (κ2) is 8.70. The third-order valence-corrected chi connectivity index (χ3v) is 4.73. The van der Waals surface area contributed by atoms with Crippen LogP contribution >= 0.6 is 0 Å². The number of nitrogens with zero attached hydrogens (tertiary/aromatic N) is 2. The van der Waals surface area contributed by atoms with Gasteiger partial charge in [-0.3, -0.25) is 14.6 Å². The summed E-state index contributed by atoms with van der Waals surface area (Å²) in [6, 6.07) is 16.3. The molecule has 1 aliphatic heterocycles. The van der Waals surface area contributed by atoms with Crippen molar-refractivity contribution >= 4 is 28.4 Å². The molecular formula is C22H21N3O4. The Morgan fingerprint density at radius 1 is 1.03 bits per heavy atom. The molecule has 148 valence electrons. The number of carbonyl (C=O) groups is 2. The van der Waals surface area contributed by atoms with Crippen LogP contribution in [0.1, 0.15) is 10.4 Å². The van der Waals surface area contributed by atoms with Crippen molar-refractivity contribution in [2.75, 3.05) is 38.2 Å². The highest BCUT2D eigenvalue weighted by Gasteiger charge is 2.19. The third-order valence-electron chi connectivity index (χ3n) is 4.73. The van der Waals surface area contributed by atoms with Crippen molar-refractivity contribution in [2.45, 2.75) is 0 Å². The van der Waals surface area contributed by atoms with E-state index >= 15 is 0 Å². The SMILES string of the molecule is O=C(Nc1cccc2cccnc12)c1ccccc1OCC(=O)N1CCOCC1. The summed E-state index contributed by atoms with van der Waals surface area (Å²) in [6.07, 6.45) is 1.69. The Hall–Kier alpha value is -3.45. The molecule has 0 atom stereocenters. The summed E-state index contributed by atoms with van der Waals surface area (Å²) in [5.41, 5.74) is 1.69. The van der Waals surface area contributed by atoms with Gasteiger partial charge >= 0.3 is 0 Å². The summed E-state index contributed by atoms with van der Waals surface area (Å²) < 4.78 is 10.9. The lowest BCUT2D eigenvalue weighted by Crippen LogP contribution is -2.43. The standard InChI is InChI=1S/C22H21N3O4/c26-20(25-11-13-28-14-12-25)15-29-19-9-2-1-7-17(19)22(27)24-18-8-3-5-16-6-4-10-23-21(16)18/h1-10H,11-15H2,(H,24,27). The molecule has 0 unspecified atom stereocenters. The highest BCUT2D eigenvalue weighted by Crippen LogP contribution is 2.24. The lowest BCUT2D eigenvalue weighted by Gasteiger charge is -2.26. The fourth-order valence-electron chi connectivity index (χ4n) is 3.22. The summed E-state index contributed by atoms with van der Waals surface area (Å²) in [5.74, 6) is -0.0841. The van der Waals surface area contributed by atoms with Gasteiger partial charge in [0.15, 0.2) is 6.61 Å². The van der Waals surface area contributed by atoms with Gasteiger partial charge < -0.3 is 19.7 Å². The van der Waals surface area contributed by atoms with Gasteiger partial charge in [-0.05, 0) is 24.3 Å². The quantitative estimate of drug-likeness (QED) is 0.723. The van der Waals surface area contributed by atoms with E-state index in [1.807, 2.05) is 24.3 Å². The number of carbonyl (C=O) groups excluding carboxylic acids is 2. The molecule has 4 rings (SSSR count). The Labute approximate surface area is 168 Å². The number of benzene rings is 2. The minimum absolute atomic E-state index is 0.123. The van der Waals surface area contributed by atoms with Gasteiger partial charge in [-0.15, -0.1) is 0 Å². The largest absolute Gasteiger partial charge is 0.483 e. The molecule has 0 radical (unpaired) electrons. The van der Waals surface area contributed by atoms with Crippen LogP contribution in [-0.2, 0) is 9.53 Å². The van der Waals surface area contributed by atoms with Crippen molar-refractivity contribution in [3.05, 3.63) is 66.4 Å². The molecular weight excluding hydrogens is 370 g/mol. The first-order valence-corrected chi connectivity index (χ1v) is 9.45. The van der Waals surface area contributed by atoms with Crippen LogP contribution in [0.15, 0.2) is 60.8 Å². The Morgan fingerprint density at radius 2 is 1.83 bits per heavy atom. The summed E-state index contributed by atoms with van der Waals surface area (Å²) in [4.78, 5) is 31.3. The van der Waals surface area contributed by atoms with Gasteiger partial charge in [0.25, 0.3) is 11.8 Å². The Morgan fingerprint density at radius 3 is 2.69 bits per heavy atom. The molecule has 0 bridgehead atoms. The van der Waals surface area contributed by atoms with Gasteiger partial charge in [-0.2, -0.15) is 0 Å². The zero-order valence-corrected chi connectivity index (χ0v) is 15.8. The van der Waals surface area contributed by atoms with Crippen molar-refractivity contribution in [1.82, 2.24) is 9.88 Å². The molecule has 0 saturated carbocycles. The van der Waals surface area contributed by atoms with E-state index in [2.05, 4.69) is 10.3 Å². The molecule has 0 spiro atoms. The molecule has 1 aliphatic rings. The highest BCUT2D eigenvalue weighted by atomic mass is 16.5. The van der Waals surface area contributed by atoms with Crippen molar-refractivity contribution in [1.29, 1.82) is 0 Å². The predicted octanol–water partition coefficient (Wildman–Crippen LogP) is 2.72. The van der Waals surface area contributed by atoms with Crippen LogP contribution in [0.25, 0.3) is 10.9 Å². The van der Waals surface area contributed by atoms with Crippen LogP contribution in [0.2, 0.25) is 0 Å². The minimum atomic E-state index is -0.322. The summed E-state index contributed by atoms with van der Waals surface area (Å²) in [5, 5.41) is 3.84. The number of hydrogen-bond donors (Lipinski definition) is 1. The number of hydrogen-bond acceptors (Lipinski definition) is 5. The maximum absolute atomic E-state index is 12.9. The molecule has 2 aromatic carbocycles. The fourth-order valence-corrected chi connectivity index (χ4v) is 3.22. The first-order valence-electron chi connectivity index (χ1n) is 9.45. The number of rotatable bonds is 5. The van der Waals surface area contributed by atoms with Crippen LogP contribution in [0.5, 0.6) is 5.75 Å². The first kappa shape index (κ1) is 18.9. The molecule has 7 heteroatoms. The number of morpholine rings is 1. The van der Waals surface area contributed by atoms with Gasteiger partial charge in [0.2, 0.25) is 0 Å². The van der Waals surface area contributed by atoms with E-state index in [1.54, 1.807) is 41.4 Å². The average molecular weight is 391 g/mol. The average Bonchev–Trinajstić information content (AvgIpc) is 2.78. The summed E-state index contributed by atoms with van der Waals surface area (Å²) in [7, 11) is 0. The minimum Gasteiger partial charge on any atom is -0.483 e. The van der Waals surface area contributed by atoms with Crippen molar-refractivity contribution in [3.63, 3.8) is 0 Å². The smallest absolute Gasteiger partial charge is 0.260 e. The molecule has 2 heterocycles. The highest BCUT2D eigenvalue weighted by molar-refractivity contribution is 6.09. The van der Waals surface area contributed by atoms with E-state index in [9.17, 15) is 9.59 Å². The molecule has 1 fully saturated rings. The number of pyridine rings is 1. The van der Waals surface area contributed by atoms with Gasteiger partial charge in [0.1, 0.15) is 5.75 Å². The van der Waals surface area contributed by atoms with E-state index in [1.165, 1.54) is 0 Å². The Balaban J connectivity index is 1.48. The van der Waals surface area contributed by atoms with Crippen molar-refractivity contribution < 1.29 is 19.1 Å². The van der Waals surface area contributed by atoms with E-state index in [0.717, 1.165) is 5.39 Å². The maximum atomic E-state index is 12.9. The van der Waals surface area contributed by atoms with Gasteiger partial charge in [0.05, 0.1) is 30.0 Å². The van der Waals surface area contributed by atoms with Crippen LogP contribution in [0, 0.1) is 0 Å². The number of nitrogens with one attached hydrogen (secondary N) is 1. The molecule has 3 aromatic rings. The lowest BCUT2D eigenvalue weighted by atomic mass is 10.1. The zero-order valence-electron chi connectivity index (χ0n) is 15.8. The Kier molecular flexibility index (Phi) is 5.67. The van der Waals surface area contributed by atoms with Crippen LogP contribution in [-0.4, -0.2) is 54.6 Å². The van der Waals surface area contributed by atoms with E-state index < -0.39 is 0 Å². The lowest BCUT2D eigenvalue weighted by molar-refractivity contribution is -0.137. The van der Waals surface area contributed by atoms with E-state index in [0.29, 0.717) is 48.8 Å². The number of fused-ring (bicyclic) bond motifs is 1. The molecule has 1 N–H and O–H groups in total. The summed E-state index contributed by atoms with van der Waals surface area (Å²) >= 11 is 0. The van der Waals surface area contributed by atoms with Crippen LogP contribution in [0.4, 0.5) is 5.69 Å². The number of ether oxygens (including phenoxy) is 2. The topological polar surface area (TPSA) is 80.8 Å². The van der Waals surface area contributed by atoms with Crippen molar-refractivity contribution in [2.24, 2.45) is 0 Å². The Bertz CT molecular complexity index is 1030. The second-order valence-electron chi connectivity index (χ2n) is 6.61. The number of aromatic nitrogens is 1. The number of anilines is 1. The molecule has 1 saturated heterocycles.